The summed E-state index contributed by atoms with van der Waals surface area (Å²) in [4.78, 5) is 18.9. The molecule has 0 saturated heterocycles. The highest BCUT2D eigenvalue weighted by molar-refractivity contribution is 7.26. The molecule has 26 heavy (non-hydrogen) atoms. The molecule has 0 aliphatic heterocycles. The Morgan fingerprint density at radius 3 is 2.73 bits per heavy atom. The van der Waals surface area contributed by atoms with Gasteiger partial charge in [-0.15, -0.1) is 22.7 Å². The van der Waals surface area contributed by atoms with Crippen molar-refractivity contribution in [2.24, 2.45) is 0 Å². The van der Waals surface area contributed by atoms with Crippen LogP contribution in [0.5, 0.6) is 5.75 Å². The van der Waals surface area contributed by atoms with Crippen molar-refractivity contribution in [3.05, 3.63) is 65.0 Å². The van der Waals surface area contributed by atoms with Gasteiger partial charge < -0.3 is 10.1 Å². The lowest BCUT2D eigenvalue weighted by Gasteiger charge is -2.10. The molecule has 0 aliphatic carbocycles. The van der Waals surface area contributed by atoms with Crippen LogP contribution in [0.15, 0.2) is 54.6 Å². The lowest BCUT2D eigenvalue weighted by atomic mass is 10.2. The predicted molar refractivity (Wildman–Crippen MR) is 109 cm³/mol. The van der Waals surface area contributed by atoms with Gasteiger partial charge in [0.2, 0.25) is 0 Å². The molecule has 2 aromatic heterocycles. The second kappa shape index (κ2) is 6.90. The number of benzene rings is 2. The third kappa shape index (κ3) is 3.21. The number of methoxy groups -OCH3 is 1. The van der Waals surface area contributed by atoms with Crippen LogP contribution in [-0.4, -0.2) is 18.0 Å². The quantitative estimate of drug-likeness (QED) is 0.502. The van der Waals surface area contributed by atoms with Gasteiger partial charge in [-0.05, 0) is 48.9 Å². The number of carbonyl (C=O) groups is 1. The molecule has 4 aromatic rings. The number of anilines is 1. The largest absolute Gasteiger partial charge is 0.495 e. The summed E-state index contributed by atoms with van der Waals surface area (Å²) in [6.45, 7) is 1.98. The lowest BCUT2D eigenvalue weighted by molar-refractivity contribution is 0.103. The molecule has 4 nitrogen and oxygen atoms in total. The zero-order chi connectivity index (χ0) is 18.1. The number of aromatic nitrogens is 1. The monoisotopic (exact) mass is 380 g/mol. The fourth-order valence-corrected chi connectivity index (χ4v) is 4.58. The fraction of sp³-hybridized carbons (Fsp3) is 0.100. The second-order valence-corrected chi connectivity index (χ2v) is 7.92. The summed E-state index contributed by atoms with van der Waals surface area (Å²) in [6, 6.07) is 17.5. The van der Waals surface area contributed by atoms with Crippen LogP contribution >= 0.6 is 22.7 Å². The first-order valence-electron chi connectivity index (χ1n) is 8.06. The topological polar surface area (TPSA) is 51.2 Å². The first kappa shape index (κ1) is 16.8. The third-order valence-electron chi connectivity index (χ3n) is 3.94. The van der Waals surface area contributed by atoms with E-state index >= 15 is 0 Å². The van der Waals surface area contributed by atoms with Gasteiger partial charge in [0.05, 0.1) is 32.8 Å². The third-order valence-corrected chi connectivity index (χ3v) is 6.23. The lowest BCUT2D eigenvalue weighted by Crippen LogP contribution is -2.11. The van der Waals surface area contributed by atoms with Gasteiger partial charge in [0, 0.05) is 0 Å². The molecule has 4 rings (SSSR count). The van der Waals surface area contributed by atoms with E-state index in [0.717, 1.165) is 25.7 Å². The molecule has 0 fully saturated rings. The number of hydrogen-bond donors (Lipinski definition) is 1. The SMILES string of the molecule is COc1ccc(C)cc1NC(=O)c1ccc(-c2nc3ccccc3s2)s1. The highest BCUT2D eigenvalue weighted by Gasteiger charge is 2.15. The number of nitrogens with one attached hydrogen (secondary N) is 1. The van der Waals surface area contributed by atoms with Gasteiger partial charge in [0.25, 0.3) is 5.91 Å². The maximum absolute atomic E-state index is 12.6. The van der Waals surface area contributed by atoms with Crippen molar-refractivity contribution in [2.45, 2.75) is 6.92 Å². The summed E-state index contributed by atoms with van der Waals surface area (Å²) < 4.78 is 6.47. The number of amides is 1. The number of fused-ring (bicyclic) bond motifs is 1. The highest BCUT2D eigenvalue weighted by Crippen LogP contribution is 2.35. The van der Waals surface area contributed by atoms with Crippen LogP contribution in [0.3, 0.4) is 0 Å². The van der Waals surface area contributed by atoms with E-state index in [0.29, 0.717) is 16.3 Å². The summed E-state index contributed by atoms with van der Waals surface area (Å²) in [5.74, 6) is 0.498. The van der Waals surface area contributed by atoms with Gasteiger partial charge in [-0.1, -0.05) is 18.2 Å². The molecule has 0 atom stereocenters. The van der Waals surface area contributed by atoms with E-state index in [4.69, 9.17) is 4.74 Å². The zero-order valence-corrected chi connectivity index (χ0v) is 15.9. The molecule has 0 saturated carbocycles. The maximum Gasteiger partial charge on any atom is 0.265 e. The zero-order valence-electron chi connectivity index (χ0n) is 14.3. The number of hydrogen-bond acceptors (Lipinski definition) is 5. The van der Waals surface area contributed by atoms with Crippen LogP contribution in [0.4, 0.5) is 5.69 Å². The molecule has 1 N–H and O–H groups in total. The predicted octanol–water partition coefficient (Wildman–Crippen LogP) is 5.59. The molecule has 0 aliphatic rings. The van der Waals surface area contributed by atoms with Crippen molar-refractivity contribution in [3.63, 3.8) is 0 Å². The molecule has 0 bridgehead atoms. The number of aryl methyl sites for hydroxylation is 1. The minimum absolute atomic E-state index is 0.147. The van der Waals surface area contributed by atoms with Gasteiger partial charge >= 0.3 is 0 Å². The Balaban J connectivity index is 1.59. The average molecular weight is 380 g/mol. The van der Waals surface area contributed by atoms with Crippen LogP contribution in [0.2, 0.25) is 0 Å². The van der Waals surface area contributed by atoms with Crippen molar-refractivity contribution in [1.29, 1.82) is 0 Å². The van der Waals surface area contributed by atoms with Gasteiger partial charge in [0.15, 0.2) is 0 Å². The van der Waals surface area contributed by atoms with E-state index in [1.54, 1.807) is 18.4 Å². The van der Waals surface area contributed by atoms with E-state index in [2.05, 4.69) is 16.4 Å². The Morgan fingerprint density at radius 2 is 1.92 bits per heavy atom. The molecule has 130 valence electrons. The Morgan fingerprint density at radius 1 is 1.08 bits per heavy atom. The number of nitrogens with zero attached hydrogens (tertiary/aromatic N) is 1. The maximum atomic E-state index is 12.6. The molecule has 2 heterocycles. The van der Waals surface area contributed by atoms with E-state index < -0.39 is 0 Å². The fourth-order valence-electron chi connectivity index (χ4n) is 2.66. The van der Waals surface area contributed by atoms with E-state index in [9.17, 15) is 4.79 Å². The number of para-hydroxylation sites is 1. The van der Waals surface area contributed by atoms with Gasteiger partial charge in [0.1, 0.15) is 10.8 Å². The number of thiazole rings is 1. The summed E-state index contributed by atoms with van der Waals surface area (Å²) >= 11 is 3.08. The minimum Gasteiger partial charge on any atom is -0.495 e. The Bertz CT molecular complexity index is 1070. The molecular weight excluding hydrogens is 364 g/mol. The first-order valence-corrected chi connectivity index (χ1v) is 9.69. The Kier molecular flexibility index (Phi) is 4.44. The normalized spacial score (nSPS) is 10.8. The van der Waals surface area contributed by atoms with Crippen molar-refractivity contribution < 1.29 is 9.53 Å². The molecule has 6 heteroatoms. The van der Waals surface area contributed by atoms with Gasteiger partial charge in [-0.3, -0.25) is 4.79 Å². The number of ether oxygens (including phenoxy) is 1. The number of thiophene rings is 1. The summed E-state index contributed by atoms with van der Waals surface area (Å²) in [5, 5.41) is 3.87. The van der Waals surface area contributed by atoms with Crippen molar-refractivity contribution >= 4 is 44.5 Å². The van der Waals surface area contributed by atoms with Crippen LogP contribution in [0.25, 0.3) is 20.1 Å². The average Bonchev–Trinajstić information content (AvgIpc) is 3.28. The van der Waals surface area contributed by atoms with Crippen LogP contribution < -0.4 is 10.1 Å². The first-order chi connectivity index (χ1) is 12.6. The van der Waals surface area contributed by atoms with Crippen molar-refractivity contribution in [3.8, 4) is 15.6 Å². The van der Waals surface area contributed by atoms with Gasteiger partial charge in [-0.25, -0.2) is 4.98 Å². The molecule has 0 spiro atoms. The summed E-state index contributed by atoms with van der Waals surface area (Å²) in [5.41, 5.74) is 2.71. The number of carbonyl (C=O) groups excluding carboxylic acids is 1. The van der Waals surface area contributed by atoms with Crippen LogP contribution in [0.1, 0.15) is 15.2 Å². The van der Waals surface area contributed by atoms with Gasteiger partial charge in [-0.2, -0.15) is 0 Å². The second-order valence-electron chi connectivity index (χ2n) is 5.81. The van der Waals surface area contributed by atoms with Crippen LogP contribution in [-0.2, 0) is 0 Å². The molecule has 0 radical (unpaired) electrons. The summed E-state index contributed by atoms with van der Waals surface area (Å²) in [6.07, 6.45) is 0. The smallest absolute Gasteiger partial charge is 0.265 e. The minimum atomic E-state index is -0.147. The van der Waals surface area contributed by atoms with E-state index in [1.165, 1.54) is 11.3 Å². The molecule has 2 aromatic carbocycles. The van der Waals surface area contributed by atoms with Crippen LogP contribution in [0, 0.1) is 6.92 Å². The van der Waals surface area contributed by atoms with E-state index in [1.807, 2.05) is 55.5 Å². The highest BCUT2D eigenvalue weighted by atomic mass is 32.1. The summed E-state index contributed by atoms with van der Waals surface area (Å²) in [7, 11) is 1.59. The molecule has 0 unspecified atom stereocenters. The number of rotatable bonds is 4. The Labute approximate surface area is 159 Å². The van der Waals surface area contributed by atoms with Crippen molar-refractivity contribution in [2.75, 3.05) is 12.4 Å². The standard InChI is InChI=1S/C20H16N2O2S2/c1-12-7-8-15(24-2)14(11-12)21-19(23)17-9-10-18(25-17)20-22-13-5-3-4-6-16(13)26-20/h3-11H,1-2H3,(H,21,23). The van der Waals surface area contributed by atoms with E-state index in [-0.39, 0.29) is 5.91 Å². The molecule has 1 amide bonds. The van der Waals surface area contributed by atoms with Crippen molar-refractivity contribution in [1.82, 2.24) is 4.98 Å². The Hall–Kier alpha value is -2.70. The molecular formula is C20H16N2O2S2.